The van der Waals surface area contributed by atoms with E-state index in [0.29, 0.717) is 18.3 Å². The molecule has 0 saturated carbocycles. The Labute approximate surface area is 146 Å². The lowest BCUT2D eigenvalue weighted by atomic mass is 10.0. The molecule has 0 spiro atoms. The molecule has 2 unspecified atom stereocenters. The van der Waals surface area contributed by atoms with Crippen molar-refractivity contribution in [2.45, 2.75) is 38.8 Å². The molecular formula is C18H23N3O2S. The number of hydrogen-bond donors (Lipinski definition) is 2. The summed E-state index contributed by atoms with van der Waals surface area (Å²) in [4.78, 5) is 16.9. The van der Waals surface area contributed by atoms with Gasteiger partial charge in [0.25, 0.3) is 5.91 Å². The smallest absolute Gasteiger partial charge is 0.270 e. The van der Waals surface area contributed by atoms with Crippen molar-refractivity contribution in [2.24, 2.45) is 0 Å². The van der Waals surface area contributed by atoms with E-state index in [0.717, 1.165) is 35.7 Å². The first-order valence-corrected chi connectivity index (χ1v) is 9.26. The van der Waals surface area contributed by atoms with Gasteiger partial charge in [0.05, 0.1) is 6.61 Å². The van der Waals surface area contributed by atoms with Gasteiger partial charge in [-0.3, -0.25) is 4.79 Å². The van der Waals surface area contributed by atoms with Gasteiger partial charge in [0.1, 0.15) is 16.5 Å². The third-order valence-electron chi connectivity index (χ3n) is 4.11. The van der Waals surface area contributed by atoms with E-state index in [1.807, 2.05) is 36.6 Å². The number of hydrogen-bond acceptors (Lipinski definition) is 5. The molecule has 0 bridgehead atoms. The first kappa shape index (κ1) is 16.9. The Morgan fingerprint density at radius 3 is 2.92 bits per heavy atom. The van der Waals surface area contributed by atoms with E-state index in [1.165, 1.54) is 11.3 Å². The molecule has 1 aliphatic heterocycles. The van der Waals surface area contributed by atoms with Gasteiger partial charge in [-0.05, 0) is 57.5 Å². The van der Waals surface area contributed by atoms with Crippen LogP contribution in [-0.2, 0) is 0 Å². The van der Waals surface area contributed by atoms with Crippen LogP contribution in [0.1, 0.15) is 37.2 Å². The summed E-state index contributed by atoms with van der Waals surface area (Å²) in [7, 11) is 0. The molecule has 1 aromatic heterocycles. The van der Waals surface area contributed by atoms with E-state index in [1.54, 1.807) is 0 Å². The fourth-order valence-electron chi connectivity index (χ4n) is 2.89. The van der Waals surface area contributed by atoms with Crippen LogP contribution in [0.2, 0.25) is 0 Å². The molecule has 1 fully saturated rings. The van der Waals surface area contributed by atoms with Crippen molar-refractivity contribution in [3.8, 4) is 16.3 Å². The Bertz CT molecular complexity index is 684. The lowest BCUT2D eigenvalue weighted by molar-refractivity contribution is 0.0921. The molecule has 0 aliphatic carbocycles. The molecule has 1 amide bonds. The molecular weight excluding hydrogens is 322 g/mol. The highest BCUT2D eigenvalue weighted by Gasteiger charge is 2.21. The fourth-order valence-corrected chi connectivity index (χ4v) is 3.70. The van der Waals surface area contributed by atoms with Gasteiger partial charge in [0, 0.05) is 23.0 Å². The number of carbonyl (C=O) groups excluding carboxylic acids is 1. The Hall–Kier alpha value is -1.92. The minimum atomic E-state index is -0.0810. The molecule has 2 aromatic rings. The van der Waals surface area contributed by atoms with Crippen LogP contribution in [0.3, 0.4) is 0 Å². The zero-order chi connectivity index (χ0) is 16.9. The van der Waals surface area contributed by atoms with Crippen LogP contribution in [0.5, 0.6) is 5.75 Å². The van der Waals surface area contributed by atoms with Crippen molar-refractivity contribution < 1.29 is 9.53 Å². The Kier molecular flexibility index (Phi) is 5.48. The van der Waals surface area contributed by atoms with Gasteiger partial charge in [0.15, 0.2) is 0 Å². The first-order chi connectivity index (χ1) is 11.7. The van der Waals surface area contributed by atoms with Crippen LogP contribution in [-0.4, -0.2) is 36.1 Å². The molecule has 24 heavy (non-hydrogen) atoms. The average Bonchev–Trinajstić information content (AvgIpc) is 3.06. The molecule has 5 nitrogen and oxygen atoms in total. The summed E-state index contributed by atoms with van der Waals surface area (Å²) in [5.74, 6) is 0.762. The Morgan fingerprint density at radius 1 is 1.42 bits per heavy atom. The van der Waals surface area contributed by atoms with Gasteiger partial charge in [0.2, 0.25) is 0 Å². The summed E-state index contributed by atoms with van der Waals surface area (Å²) in [6, 6.07) is 8.47. The van der Waals surface area contributed by atoms with E-state index in [4.69, 9.17) is 4.74 Å². The van der Waals surface area contributed by atoms with Crippen molar-refractivity contribution in [2.75, 3.05) is 13.2 Å². The monoisotopic (exact) mass is 345 g/mol. The lowest BCUT2D eigenvalue weighted by Crippen LogP contribution is -2.46. The summed E-state index contributed by atoms with van der Waals surface area (Å²) < 4.78 is 5.45. The van der Waals surface area contributed by atoms with Gasteiger partial charge < -0.3 is 15.4 Å². The number of thiazole rings is 1. The Balaban J connectivity index is 1.65. The van der Waals surface area contributed by atoms with Crippen LogP contribution in [0.4, 0.5) is 0 Å². The van der Waals surface area contributed by atoms with Crippen molar-refractivity contribution in [1.29, 1.82) is 0 Å². The Morgan fingerprint density at radius 2 is 2.21 bits per heavy atom. The second kappa shape index (κ2) is 7.77. The number of ether oxygens (including phenoxy) is 1. The van der Waals surface area contributed by atoms with Gasteiger partial charge >= 0.3 is 0 Å². The molecule has 6 heteroatoms. The van der Waals surface area contributed by atoms with Crippen molar-refractivity contribution in [3.05, 3.63) is 35.3 Å². The topological polar surface area (TPSA) is 63.2 Å². The van der Waals surface area contributed by atoms with Crippen molar-refractivity contribution >= 4 is 17.2 Å². The lowest BCUT2D eigenvalue weighted by Gasteiger charge is -2.28. The molecule has 2 heterocycles. The van der Waals surface area contributed by atoms with Gasteiger partial charge in [-0.2, -0.15) is 0 Å². The van der Waals surface area contributed by atoms with E-state index in [-0.39, 0.29) is 11.9 Å². The van der Waals surface area contributed by atoms with Gasteiger partial charge in [-0.25, -0.2) is 4.98 Å². The number of nitrogens with zero attached hydrogens (tertiary/aromatic N) is 1. The number of rotatable bonds is 5. The number of aromatic nitrogens is 1. The van der Waals surface area contributed by atoms with E-state index < -0.39 is 0 Å². The third kappa shape index (κ3) is 4.13. The van der Waals surface area contributed by atoms with Crippen LogP contribution in [0.25, 0.3) is 10.6 Å². The molecule has 0 radical (unpaired) electrons. The fraction of sp³-hybridized carbons (Fsp3) is 0.444. The second-order valence-corrected chi connectivity index (χ2v) is 6.90. The summed E-state index contributed by atoms with van der Waals surface area (Å²) >= 11 is 1.49. The van der Waals surface area contributed by atoms with Crippen LogP contribution < -0.4 is 15.4 Å². The third-order valence-corrected chi connectivity index (χ3v) is 5.00. The van der Waals surface area contributed by atoms with E-state index in [9.17, 15) is 4.79 Å². The molecule has 1 aromatic carbocycles. The standard InChI is InChI=1S/C18H23N3O2S/c1-3-23-15-6-4-13(5-7-15)18-21-16(11-24-18)17(22)20-14-8-9-19-12(2)10-14/h4-7,11-12,14,19H,3,8-10H2,1-2H3,(H,20,22). The molecule has 1 aliphatic rings. The van der Waals surface area contributed by atoms with Gasteiger partial charge in [-0.1, -0.05) is 0 Å². The first-order valence-electron chi connectivity index (χ1n) is 8.38. The average molecular weight is 345 g/mol. The summed E-state index contributed by atoms with van der Waals surface area (Å²) in [6.45, 7) is 5.70. The maximum atomic E-state index is 12.4. The SMILES string of the molecule is CCOc1ccc(-c2nc(C(=O)NC3CCNC(C)C3)cs2)cc1. The normalized spacial score (nSPS) is 20.6. The van der Waals surface area contributed by atoms with Crippen LogP contribution >= 0.6 is 11.3 Å². The highest BCUT2D eigenvalue weighted by atomic mass is 32.1. The summed E-state index contributed by atoms with van der Waals surface area (Å²) in [6.07, 6.45) is 1.92. The predicted molar refractivity (Wildman–Crippen MR) is 96.7 cm³/mol. The predicted octanol–water partition coefficient (Wildman–Crippen LogP) is 3.08. The maximum Gasteiger partial charge on any atom is 0.270 e. The number of amides is 1. The quantitative estimate of drug-likeness (QED) is 0.874. The second-order valence-electron chi connectivity index (χ2n) is 6.05. The van der Waals surface area contributed by atoms with Crippen LogP contribution in [0.15, 0.2) is 29.6 Å². The maximum absolute atomic E-state index is 12.4. The number of piperidine rings is 1. The highest BCUT2D eigenvalue weighted by Crippen LogP contribution is 2.26. The summed E-state index contributed by atoms with van der Waals surface area (Å²) in [5.41, 5.74) is 1.49. The molecule has 3 rings (SSSR count). The van der Waals surface area contributed by atoms with Crippen molar-refractivity contribution in [3.63, 3.8) is 0 Å². The number of nitrogens with one attached hydrogen (secondary N) is 2. The largest absolute Gasteiger partial charge is 0.494 e. The zero-order valence-corrected chi connectivity index (χ0v) is 14.9. The molecule has 128 valence electrons. The molecule has 1 saturated heterocycles. The van der Waals surface area contributed by atoms with Gasteiger partial charge in [-0.15, -0.1) is 11.3 Å². The molecule has 2 N–H and O–H groups in total. The van der Waals surface area contributed by atoms with Crippen LogP contribution in [0, 0.1) is 0 Å². The summed E-state index contributed by atoms with van der Waals surface area (Å²) in [5, 5.41) is 9.16. The van der Waals surface area contributed by atoms with Crippen molar-refractivity contribution in [1.82, 2.24) is 15.6 Å². The zero-order valence-electron chi connectivity index (χ0n) is 14.0. The minimum Gasteiger partial charge on any atom is -0.494 e. The highest BCUT2D eigenvalue weighted by molar-refractivity contribution is 7.13. The number of carbonyl (C=O) groups is 1. The molecule has 2 atom stereocenters. The van der Waals surface area contributed by atoms with E-state index in [2.05, 4.69) is 22.5 Å². The minimum absolute atomic E-state index is 0.0810. The van der Waals surface area contributed by atoms with E-state index >= 15 is 0 Å². The number of benzene rings is 1.